The molecular weight excluding hydrogens is 174 g/mol. The number of hydrogen-bond acceptors (Lipinski definition) is 4. The van der Waals surface area contributed by atoms with Gasteiger partial charge in [0.05, 0.1) is 4.88 Å². The highest BCUT2D eigenvalue weighted by Gasteiger charge is 2.04. The molecule has 0 saturated carbocycles. The minimum absolute atomic E-state index is 0.244. The maximum atomic E-state index is 10.4. The first-order valence-corrected chi connectivity index (χ1v) is 3.61. The molecule has 0 fully saturated rings. The van der Waals surface area contributed by atoms with E-state index in [2.05, 4.69) is 5.18 Å². The maximum Gasteiger partial charge on any atom is 0.262 e. The lowest BCUT2D eigenvalue weighted by molar-refractivity contribution is 0.108. The molecule has 1 aromatic heterocycles. The van der Waals surface area contributed by atoms with Crippen molar-refractivity contribution in [1.29, 1.82) is 0 Å². The molecule has 0 saturated heterocycles. The van der Waals surface area contributed by atoms with Crippen LogP contribution in [0.15, 0.2) is 16.6 Å². The molecule has 0 atom stereocenters. The smallest absolute Gasteiger partial charge is 0.262 e. The summed E-state index contributed by atoms with van der Waals surface area (Å²) in [6.07, 6.45) is 0. The summed E-state index contributed by atoms with van der Waals surface area (Å²) >= 11 is 6.21. The van der Waals surface area contributed by atoms with Crippen LogP contribution in [0.1, 0.15) is 9.67 Å². The van der Waals surface area contributed by atoms with Gasteiger partial charge in [0.2, 0.25) is 0 Å². The molecule has 3 nitrogen and oxygen atoms in total. The van der Waals surface area contributed by atoms with Gasteiger partial charge < -0.3 is 0 Å². The molecule has 1 rings (SSSR count). The Bertz CT molecular complexity index is 270. The molecule has 0 aliphatic carbocycles. The Labute approximate surface area is 65.6 Å². The second-order valence-corrected chi connectivity index (χ2v) is 2.79. The third kappa shape index (κ3) is 1.40. The van der Waals surface area contributed by atoms with Gasteiger partial charge in [0, 0.05) is 5.38 Å². The van der Waals surface area contributed by atoms with Crippen LogP contribution >= 0.6 is 22.9 Å². The minimum Gasteiger partial charge on any atom is -0.275 e. The number of halogens is 1. The first-order valence-electron chi connectivity index (χ1n) is 2.36. The first kappa shape index (κ1) is 7.37. The molecule has 0 amide bonds. The van der Waals surface area contributed by atoms with E-state index in [1.165, 1.54) is 11.4 Å². The van der Waals surface area contributed by atoms with Crippen LogP contribution in [-0.4, -0.2) is 5.24 Å². The van der Waals surface area contributed by atoms with Crippen LogP contribution in [0, 0.1) is 4.91 Å². The van der Waals surface area contributed by atoms with Crippen LogP contribution in [-0.2, 0) is 0 Å². The molecule has 0 N–H and O–H groups in total. The van der Waals surface area contributed by atoms with E-state index in [1.807, 2.05) is 0 Å². The van der Waals surface area contributed by atoms with E-state index in [-0.39, 0.29) is 5.69 Å². The predicted octanol–water partition coefficient (Wildman–Crippen LogP) is 2.53. The quantitative estimate of drug-likeness (QED) is 0.512. The topological polar surface area (TPSA) is 46.5 Å². The van der Waals surface area contributed by atoms with Crippen molar-refractivity contribution in [3.8, 4) is 0 Å². The Morgan fingerprint density at radius 1 is 1.70 bits per heavy atom. The molecule has 52 valence electrons. The molecule has 1 aromatic rings. The van der Waals surface area contributed by atoms with Gasteiger partial charge in [-0.2, -0.15) is 0 Å². The molecule has 0 bridgehead atoms. The molecule has 0 radical (unpaired) electrons. The highest BCUT2D eigenvalue weighted by molar-refractivity contribution is 7.14. The molecule has 1 heterocycles. The summed E-state index contributed by atoms with van der Waals surface area (Å²) in [5.74, 6) is 0. The molecule has 0 spiro atoms. The van der Waals surface area contributed by atoms with E-state index in [1.54, 1.807) is 0 Å². The van der Waals surface area contributed by atoms with E-state index < -0.39 is 5.24 Å². The number of rotatable bonds is 2. The molecule has 0 unspecified atom stereocenters. The third-order valence-corrected chi connectivity index (χ3v) is 2.12. The molecular formula is C5H2ClNO2S. The lowest BCUT2D eigenvalue weighted by Crippen LogP contribution is -1.78. The van der Waals surface area contributed by atoms with Crippen LogP contribution in [0.5, 0.6) is 0 Å². The van der Waals surface area contributed by atoms with Gasteiger partial charge in [-0.3, -0.25) is 4.79 Å². The van der Waals surface area contributed by atoms with Crippen molar-refractivity contribution >= 4 is 33.9 Å². The molecule has 5 heteroatoms. The van der Waals surface area contributed by atoms with Gasteiger partial charge in [0.1, 0.15) is 5.69 Å². The zero-order valence-corrected chi connectivity index (χ0v) is 6.28. The van der Waals surface area contributed by atoms with Crippen molar-refractivity contribution in [1.82, 2.24) is 0 Å². The van der Waals surface area contributed by atoms with Gasteiger partial charge in [-0.05, 0) is 22.8 Å². The van der Waals surface area contributed by atoms with E-state index in [0.717, 1.165) is 11.3 Å². The molecule has 0 aromatic carbocycles. The summed E-state index contributed by atoms with van der Waals surface area (Å²) in [5, 5.41) is 3.54. The Morgan fingerprint density at radius 3 is 2.70 bits per heavy atom. The van der Waals surface area contributed by atoms with Gasteiger partial charge in [-0.25, -0.2) is 0 Å². The van der Waals surface area contributed by atoms with Crippen LogP contribution in [0.3, 0.4) is 0 Å². The standard InChI is InChI=1S/C5H2ClNO2S/c6-5(8)4-1-3(7-9)2-10-4/h1-2H. The highest BCUT2D eigenvalue weighted by Crippen LogP contribution is 2.22. The first-order chi connectivity index (χ1) is 4.74. The Morgan fingerprint density at radius 2 is 2.40 bits per heavy atom. The summed E-state index contributed by atoms with van der Waals surface area (Å²) in [7, 11) is 0. The van der Waals surface area contributed by atoms with Crippen molar-refractivity contribution in [2.24, 2.45) is 5.18 Å². The predicted molar refractivity (Wildman–Crippen MR) is 40.0 cm³/mol. The number of hydrogen-bond donors (Lipinski definition) is 0. The average molecular weight is 176 g/mol. The van der Waals surface area contributed by atoms with Gasteiger partial charge in [0.15, 0.2) is 0 Å². The Hall–Kier alpha value is -0.740. The Balaban J connectivity index is 2.98. The largest absolute Gasteiger partial charge is 0.275 e. The van der Waals surface area contributed by atoms with Gasteiger partial charge in [-0.15, -0.1) is 16.2 Å². The van der Waals surface area contributed by atoms with Crippen LogP contribution in [0.25, 0.3) is 0 Å². The SMILES string of the molecule is O=Nc1csc(C(=O)Cl)c1. The number of nitrogens with zero attached hydrogens (tertiary/aromatic N) is 1. The normalized spacial score (nSPS) is 9.30. The van der Waals surface area contributed by atoms with Crippen molar-refractivity contribution in [3.05, 3.63) is 21.2 Å². The molecule has 0 aliphatic rings. The fourth-order valence-electron chi connectivity index (χ4n) is 0.477. The monoisotopic (exact) mass is 175 g/mol. The lowest BCUT2D eigenvalue weighted by atomic mass is 10.4. The lowest BCUT2D eigenvalue weighted by Gasteiger charge is -1.77. The maximum absolute atomic E-state index is 10.4. The zero-order valence-electron chi connectivity index (χ0n) is 4.70. The van der Waals surface area contributed by atoms with Gasteiger partial charge >= 0.3 is 0 Å². The summed E-state index contributed by atoms with van der Waals surface area (Å²) in [6, 6.07) is 1.35. The fraction of sp³-hybridized carbons (Fsp3) is 0. The number of carbonyl (C=O) groups is 1. The highest BCUT2D eigenvalue weighted by atomic mass is 35.5. The van der Waals surface area contributed by atoms with Crippen LogP contribution in [0.4, 0.5) is 5.69 Å². The second-order valence-electron chi connectivity index (χ2n) is 1.53. The summed E-state index contributed by atoms with van der Waals surface area (Å²) in [4.78, 5) is 20.6. The number of nitroso groups, excluding NO2 is 1. The number of carbonyl (C=O) groups excluding carboxylic acids is 1. The minimum atomic E-state index is -0.556. The fourth-order valence-corrected chi connectivity index (χ4v) is 1.31. The third-order valence-electron chi connectivity index (χ3n) is 0.885. The van der Waals surface area contributed by atoms with Crippen molar-refractivity contribution in [2.45, 2.75) is 0 Å². The van der Waals surface area contributed by atoms with Gasteiger partial charge in [0.25, 0.3) is 5.24 Å². The Kier molecular flexibility index (Phi) is 2.13. The zero-order chi connectivity index (χ0) is 7.56. The average Bonchev–Trinajstić information content (AvgIpc) is 2.34. The summed E-state index contributed by atoms with van der Waals surface area (Å²) in [5.41, 5.74) is 0.244. The van der Waals surface area contributed by atoms with Crippen molar-refractivity contribution in [2.75, 3.05) is 0 Å². The summed E-state index contributed by atoms with van der Waals surface area (Å²) < 4.78 is 0. The molecule has 10 heavy (non-hydrogen) atoms. The summed E-state index contributed by atoms with van der Waals surface area (Å²) in [6.45, 7) is 0. The van der Waals surface area contributed by atoms with Crippen LogP contribution in [0.2, 0.25) is 0 Å². The van der Waals surface area contributed by atoms with Crippen molar-refractivity contribution in [3.63, 3.8) is 0 Å². The number of thiophene rings is 1. The van der Waals surface area contributed by atoms with Gasteiger partial charge in [-0.1, -0.05) is 0 Å². The van der Waals surface area contributed by atoms with Crippen molar-refractivity contribution < 1.29 is 4.79 Å². The van der Waals surface area contributed by atoms with E-state index in [9.17, 15) is 9.70 Å². The van der Waals surface area contributed by atoms with E-state index in [0.29, 0.717) is 4.88 Å². The second kappa shape index (κ2) is 2.90. The molecule has 0 aliphatic heterocycles. The van der Waals surface area contributed by atoms with Crippen LogP contribution < -0.4 is 0 Å². The van der Waals surface area contributed by atoms with E-state index in [4.69, 9.17) is 11.6 Å². The van der Waals surface area contributed by atoms with E-state index >= 15 is 0 Å².